The first kappa shape index (κ1) is 12.2. The van der Waals surface area contributed by atoms with Gasteiger partial charge in [-0.15, -0.1) is 5.53 Å². The average Bonchev–Trinajstić information content (AvgIpc) is 2.63. The van der Waals surface area contributed by atoms with Gasteiger partial charge in [-0.05, 0) is 38.1 Å². The van der Waals surface area contributed by atoms with Crippen molar-refractivity contribution < 1.29 is 9.13 Å². The summed E-state index contributed by atoms with van der Waals surface area (Å²) < 4.78 is 20.0. The van der Waals surface area contributed by atoms with Crippen LogP contribution in [0.25, 0.3) is 0 Å². The zero-order valence-electron chi connectivity index (χ0n) is 9.52. The van der Waals surface area contributed by atoms with Crippen molar-refractivity contribution in [3.63, 3.8) is 0 Å². The predicted octanol–water partition coefficient (Wildman–Crippen LogP) is 2.76. The van der Waals surface area contributed by atoms with Crippen molar-refractivity contribution in [2.45, 2.75) is 19.9 Å². The molecule has 1 aliphatic heterocycles. The SMILES string of the molecule is CC(C)N1NN(Br)C=C1Oc1ccc(F)cc1. The number of nitrogens with one attached hydrogen (secondary N) is 1. The van der Waals surface area contributed by atoms with Gasteiger partial charge in [0.05, 0.1) is 22.3 Å². The van der Waals surface area contributed by atoms with Crippen LogP contribution >= 0.6 is 16.1 Å². The lowest BCUT2D eigenvalue weighted by molar-refractivity contribution is 0.110. The third-order valence-corrected chi connectivity index (χ3v) is 2.58. The van der Waals surface area contributed by atoms with Gasteiger partial charge in [0, 0.05) is 6.04 Å². The molecule has 0 spiro atoms. The van der Waals surface area contributed by atoms with Gasteiger partial charge < -0.3 is 4.74 Å². The summed E-state index contributed by atoms with van der Waals surface area (Å²) in [5.41, 5.74) is 3.03. The molecule has 0 radical (unpaired) electrons. The second-order valence-electron chi connectivity index (χ2n) is 3.90. The molecule has 0 saturated heterocycles. The summed E-state index contributed by atoms with van der Waals surface area (Å²) in [5, 5.41) is 1.85. The van der Waals surface area contributed by atoms with Gasteiger partial charge >= 0.3 is 0 Å². The lowest BCUT2D eigenvalue weighted by Crippen LogP contribution is -2.41. The molecule has 2 rings (SSSR count). The fraction of sp³-hybridized carbons (Fsp3) is 0.273. The Morgan fingerprint density at radius 2 is 1.94 bits per heavy atom. The Morgan fingerprint density at radius 3 is 2.53 bits per heavy atom. The van der Waals surface area contributed by atoms with Crippen LogP contribution in [0.5, 0.6) is 5.75 Å². The number of hydrogen-bond donors (Lipinski definition) is 1. The minimum atomic E-state index is -0.279. The van der Waals surface area contributed by atoms with Gasteiger partial charge in [0.1, 0.15) is 11.6 Å². The molecular formula is C11H13BrFN3O. The molecule has 4 nitrogen and oxygen atoms in total. The van der Waals surface area contributed by atoms with E-state index in [0.29, 0.717) is 11.6 Å². The number of rotatable bonds is 3. The molecule has 92 valence electrons. The molecule has 1 aromatic carbocycles. The molecular weight excluding hydrogens is 289 g/mol. The Bertz CT molecular complexity index is 421. The summed E-state index contributed by atoms with van der Waals surface area (Å²) in [6.45, 7) is 4.06. The van der Waals surface area contributed by atoms with Crippen LogP contribution in [-0.2, 0) is 0 Å². The normalized spacial score (nSPS) is 15.5. The topological polar surface area (TPSA) is 27.7 Å². The van der Waals surface area contributed by atoms with E-state index in [1.807, 2.05) is 18.9 Å². The van der Waals surface area contributed by atoms with Gasteiger partial charge in [-0.3, -0.25) is 5.01 Å². The maximum absolute atomic E-state index is 12.8. The van der Waals surface area contributed by atoms with E-state index in [4.69, 9.17) is 4.74 Å². The number of hydrogen-bond acceptors (Lipinski definition) is 4. The second kappa shape index (κ2) is 4.93. The van der Waals surface area contributed by atoms with Gasteiger partial charge in [0.15, 0.2) is 0 Å². The molecule has 1 aromatic rings. The molecule has 0 saturated carbocycles. The highest BCUT2D eigenvalue weighted by molar-refractivity contribution is 9.07. The number of ether oxygens (including phenoxy) is 1. The third-order valence-electron chi connectivity index (χ3n) is 2.22. The van der Waals surface area contributed by atoms with Crippen LogP contribution in [0.1, 0.15) is 13.8 Å². The average molecular weight is 302 g/mol. The molecule has 0 aromatic heterocycles. The van der Waals surface area contributed by atoms with Crippen LogP contribution < -0.4 is 10.3 Å². The number of benzene rings is 1. The fourth-order valence-electron chi connectivity index (χ4n) is 1.41. The summed E-state index contributed by atoms with van der Waals surface area (Å²) in [4.78, 5) is 0. The van der Waals surface area contributed by atoms with E-state index in [1.165, 1.54) is 12.1 Å². The van der Waals surface area contributed by atoms with Gasteiger partial charge in [0.2, 0.25) is 5.88 Å². The summed E-state index contributed by atoms with van der Waals surface area (Å²) in [6, 6.07) is 6.13. The number of hydrazine groups is 2. The maximum Gasteiger partial charge on any atom is 0.230 e. The van der Waals surface area contributed by atoms with Crippen LogP contribution in [-0.4, -0.2) is 15.1 Å². The Labute approximate surface area is 108 Å². The Hall–Kier alpha value is -1.27. The lowest BCUT2D eigenvalue weighted by Gasteiger charge is -2.25. The predicted molar refractivity (Wildman–Crippen MR) is 66.0 cm³/mol. The van der Waals surface area contributed by atoms with Crippen molar-refractivity contribution in [3.05, 3.63) is 42.2 Å². The van der Waals surface area contributed by atoms with Crippen LogP contribution in [0.2, 0.25) is 0 Å². The summed E-state index contributed by atoms with van der Waals surface area (Å²) in [7, 11) is 0. The minimum Gasteiger partial charge on any atom is -0.438 e. The van der Waals surface area contributed by atoms with E-state index < -0.39 is 0 Å². The molecule has 1 heterocycles. The number of nitrogens with zero attached hydrogens (tertiary/aromatic N) is 2. The highest BCUT2D eigenvalue weighted by atomic mass is 79.9. The molecule has 1 N–H and O–H groups in total. The van der Waals surface area contributed by atoms with E-state index >= 15 is 0 Å². The standard InChI is InChI=1S/C11H13BrFN3O/c1-8(2)16-11(7-15(12)14-16)17-10-5-3-9(13)4-6-10/h3-8,14H,1-2H3. The quantitative estimate of drug-likeness (QED) is 0.869. The Kier molecular flexibility index (Phi) is 3.54. The van der Waals surface area contributed by atoms with E-state index in [0.717, 1.165) is 0 Å². The Morgan fingerprint density at radius 1 is 1.29 bits per heavy atom. The fourth-order valence-corrected chi connectivity index (χ4v) is 1.76. The molecule has 17 heavy (non-hydrogen) atoms. The van der Waals surface area contributed by atoms with E-state index in [9.17, 15) is 4.39 Å². The minimum absolute atomic E-state index is 0.226. The molecule has 0 aliphatic carbocycles. The van der Waals surface area contributed by atoms with Crippen molar-refractivity contribution in [2.24, 2.45) is 0 Å². The van der Waals surface area contributed by atoms with Crippen molar-refractivity contribution in [3.8, 4) is 5.75 Å². The molecule has 0 atom stereocenters. The number of halogens is 2. The Balaban J connectivity index is 2.12. The van der Waals surface area contributed by atoms with Crippen LogP contribution in [0.4, 0.5) is 4.39 Å². The highest BCUT2D eigenvalue weighted by Gasteiger charge is 2.23. The van der Waals surface area contributed by atoms with Crippen molar-refractivity contribution in [1.82, 2.24) is 14.6 Å². The van der Waals surface area contributed by atoms with Crippen LogP contribution in [0.3, 0.4) is 0 Å². The zero-order valence-corrected chi connectivity index (χ0v) is 11.1. The second-order valence-corrected chi connectivity index (χ2v) is 4.66. The van der Waals surface area contributed by atoms with Crippen LogP contribution in [0, 0.1) is 5.82 Å². The molecule has 0 amide bonds. The van der Waals surface area contributed by atoms with Crippen molar-refractivity contribution >= 4 is 16.1 Å². The van der Waals surface area contributed by atoms with Crippen molar-refractivity contribution in [1.29, 1.82) is 0 Å². The molecule has 1 aliphatic rings. The first-order chi connectivity index (χ1) is 8.06. The zero-order chi connectivity index (χ0) is 12.4. The smallest absolute Gasteiger partial charge is 0.230 e. The molecule has 0 bridgehead atoms. The monoisotopic (exact) mass is 301 g/mol. The first-order valence-electron chi connectivity index (χ1n) is 5.22. The van der Waals surface area contributed by atoms with Crippen LogP contribution in [0.15, 0.2) is 36.3 Å². The largest absolute Gasteiger partial charge is 0.438 e. The van der Waals surface area contributed by atoms with Gasteiger partial charge in [0.25, 0.3) is 0 Å². The molecule has 6 heteroatoms. The maximum atomic E-state index is 12.8. The summed E-state index contributed by atoms with van der Waals surface area (Å²) in [6.07, 6.45) is 1.75. The first-order valence-corrected chi connectivity index (χ1v) is 5.93. The summed E-state index contributed by atoms with van der Waals surface area (Å²) >= 11 is 3.28. The highest BCUT2D eigenvalue weighted by Crippen LogP contribution is 2.21. The van der Waals surface area contributed by atoms with Gasteiger partial charge in [-0.2, -0.15) is 0 Å². The van der Waals surface area contributed by atoms with Crippen molar-refractivity contribution in [2.75, 3.05) is 0 Å². The van der Waals surface area contributed by atoms with E-state index in [2.05, 4.69) is 21.7 Å². The lowest BCUT2D eigenvalue weighted by atomic mass is 10.3. The van der Waals surface area contributed by atoms with Gasteiger partial charge in [-0.25, -0.2) is 8.43 Å². The third kappa shape index (κ3) is 2.89. The van der Waals surface area contributed by atoms with Gasteiger partial charge in [-0.1, -0.05) is 0 Å². The molecule has 0 unspecified atom stereocenters. The molecule has 0 fully saturated rings. The van der Waals surface area contributed by atoms with E-state index in [1.54, 1.807) is 22.4 Å². The summed E-state index contributed by atoms with van der Waals surface area (Å²) in [5.74, 6) is 0.954. The van der Waals surface area contributed by atoms with E-state index in [-0.39, 0.29) is 11.9 Å².